The number of carbonyl (C=O) groups is 1. The molecule has 8 heteroatoms. The predicted octanol–water partition coefficient (Wildman–Crippen LogP) is 1.44. The van der Waals surface area contributed by atoms with Crippen molar-refractivity contribution in [2.24, 2.45) is 0 Å². The number of H-pyrrole nitrogens is 1. The number of rotatable bonds is 6. The first kappa shape index (κ1) is 19.0. The van der Waals surface area contributed by atoms with Crippen LogP contribution in [0, 0.1) is 12.7 Å². The number of piperazine rings is 1. The lowest BCUT2D eigenvalue weighted by Crippen LogP contribution is -2.49. The molecular weight excluding hydrogens is 351 g/mol. The fraction of sp³-hybridized carbons (Fsp3) is 0.421. The molecule has 0 radical (unpaired) electrons. The van der Waals surface area contributed by atoms with Crippen LogP contribution in [0.15, 0.2) is 35.3 Å². The van der Waals surface area contributed by atoms with Gasteiger partial charge in [-0.05, 0) is 37.6 Å². The lowest BCUT2D eigenvalue weighted by molar-refractivity contribution is 0.0628. The van der Waals surface area contributed by atoms with E-state index in [9.17, 15) is 14.0 Å². The number of aromatic nitrogens is 2. The minimum Gasteiger partial charge on any atom is -0.494 e. The maximum atomic E-state index is 12.8. The number of halogens is 1. The minimum atomic E-state index is -0.395. The van der Waals surface area contributed by atoms with Crippen molar-refractivity contribution in [3.63, 3.8) is 0 Å². The molecule has 2 aromatic rings. The zero-order valence-corrected chi connectivity index (χ0v) is 15.3. The van der Waals surface area contributed by atoms with Crippen molar-refractivity contribution in [3.05, 3.63) is 58.0 Å². The second-order valence-electron chi connectivity index (χ2n) is 6.50. The highest BCUT2D eigenvalue weighted by Crippen LogP contribution is 2.12. The van der Waals surface area contributed by atoms with E-state index in [1.807, 2.05) is 0 Å². The monoisotopic (exact) mass is 374 g/mol. The van der Waals surface area contributed by atoms with Crippen LogP contribution in [0.1, 0.15) is 22.6 Å². The van der Waals surface area contributed by atoms with E-state index in [0.29, 0.717) is 31.3 Å². The standard InChI is InChI=1S/C19H23FN4O3/c1-14-21-13-17(18(25)22-14)19(26)24-10-8-23(9-11-24)7-2-12-27-16-5-3-15(20)4-6-16/h3-6,13H,2,7-12H2,1H3,(H,21,22,25). The molecule has 1 saturated heterocycles. The van der Waals surface area contributed by atoms with Gasteiger partial charge in [0.2, 0.25) is 0 Å². The van der Waals surface area contributed by atoms with E-state index in [2.05, 4.69) is 14.9 Å². The number of ether oxygens (including phenoxy) is 1. The third-order valence-electron chi connectivity index (χ3n) is 4.52. The molecule has 1 aliphatic rings. The molecule has 0 aliphatic carbocycles. The zero-order valence-electron chi connectivity index (χ0n) is 15.3. The fourth-order valence-electron chi connectivity index (χ4n) is 2.99. The molecule has 0 saturated carbocycles. The molecule has 0 atom stereocenters. The van der Waals surface area contributed by atoms with Crippen LogP contribution in [0.2, 0.25) is 0 Å². The van der Waals surface area contributed by atoms with Gasteiger partial charge in [0.25, 0.3) is 11.5 Å². The Labute approximate surface area is 156 Å². The summed E-state index contributed by atoms with van der Waals surface area (Å²) in [6.07, 6.45) is 2.18. The number of carbonyl (C=O) groups excluding carboxylic acids is 1. The van der Waals surface area contributed by atoms with Gasteiger partial charge < -0.3 is 14.6 Å². The summed E-state index contributed by atoms with van der Waals surface area (Å²) in [6.45, 7) is 5.73. The summed E-state index contributed by atoms with van der Waals surface area (Å²) in [4.78, 5) is 34.9. The lowest BCUT2D eigenvalue weighted by Gasteiger charge is -2.34. The normalized spacial score (nSPS) is 15.0. The molecule has 1 amide bonds. The molecule has 1 aromatic carbocycles. The summed E-state index contributed by atoms with van der Waals surface area (Å²) < 4.78 is 18.4. The Bertz CT molecular complexity index is 830. The Morgan fingerprint density at radius 3 is 2.59 bits per heavy atom. The van der Waals surface area contributed by atoms with Gasteiger partial charge in [0.15, 0.2) is 0 Å². The van der Waals surface area contributed by atoms with Gasteiger partial charge in [-0.2, -0.15) is 0 Å². The number of nitrogens with one attached hydrogen (secondary N) is 1. The number of benzene rings is 1. The number of hydrogen-bond acceptors (Lipinski definition) is 5. The molecule has 27 heavy (non-hydrogen) atoms. The Hall–Kier alpha value is -2.74. The number of aromatic amines is 1. The first-order valence-corrected chi connectivity index (χ1v) is 8.99. The van der Waals surface area contributed by atoms with Crippen LogP contribution in [0.3, 0.4) is 0 Å². The van der Waals surface area contributed by atoms with Crippen LogP contribution in [0.4, 0.5) is 4.39 Å². The predicted molar refractivity (Wildman–Crippen MR) is 98.5 cm³/mol. The van der Waals surface area contributed by atoms with E-state index in [1.165, 1.54) is 18.3 Å². The first-order valence-electron chi connectivity index (χ1n) is 8.99. The topological polar surface area (TPSA) is 78.5 Å². The van der Waals surface area contributed by atoms with E-state index in [4.69, 9.17) is 4.74 Å². The maximum absolute atomic E-state index is 12.8. The molecule has 0 spiro atoms. The number of nitrogens with zero attached hydrogens (tertiary/aromatic N) is 3. The third kappa shape index (κ3) is 5.13. The highest BCUT2D eigenvalue weighted by molar-refractivity contribution is 5.93. The molecule has 0 bridgehead atoms. The van der Waals surface area contributed by atoms with E-state index < -0.39 is 5.56 Å². The Morgan fingerprint density at radius 1 is 1.22 bits per heavy atom. The maximum Gasteiger partial charge on any atom is 0.263 e. The molecule has 2 heterocycles. The summed E-state index contributed by atoms with van der Waals surface area (Å²) >= 11 is 0. The van der Waals surface area contributed by atoms with Crippen molar-refractivity contribution in [1.29, 1.82) is 0 Å². The van der Waals surface area contributed by atoms with Crippen molar-refractivity contribution in [1.82, 2.24) is 19.8 Å². The first-order chi connectivity index (χ1) is 13.0. The molecule has 7 nitrogen and oxygen atoms in total. The summed E-state index contributed by atoms with van der Waals surface area (Å²) in [7, 11) is 0. The van der Waals surface area contributed by atoms with Gasteiger partial charge in [-0.25, -0.2) is 9.37 Å². The van der Waals surface area contributed by atoms with Crippen LogP contribution in [-0.2, 0) is 0 Å². The molecule has 1 N–H and O–H groups in total. The van der Waals surface area contributed by atoms with E-state index >= 15 is 0 Å². The zero-order chi connectivity index (χ0) is 19.2. The highest BCUT2D eigenvalue weighted by Gasteiger charge is 2.23. The fourth-order valence-corrected chi connectivity index (χ4v) is 2.99. The highest BCUT2D eigenvalue weighted by atomic mass is 19.1. The third-order valence-corrected chi connectivity index (χ3v) is 4.52. The van der Waals surface area contributed by atoms with E-state index in [0.717, 1.165) is 26.1 Å². The largest absolute Gasteiger partial charge is 0.494 e. The van der Waals surface area contributed by atoms with Crippen LogP contribution < -0.4 is 10.3 Å². The second-order valence-corrected chi connectivity index (χ2v) is 6.50. The smallest absolute Gasteiger partial charge is 0.263 e. The summed E-state index contributed by atoms with van der Waals surface area (Å²) in [6, 6.07) is 5.98. The molecule has 3 rings (SSSR count). The van der Waals surface area contributed by atoms with E-state index in [1.54, 1.807) is 24.0 Å². The average Bonchev–Trinajstić information content (AvgIpc) is 2.67. The van der Waals surface area contributed by atoms with Crippen molar-refractivity contribution in [3.8, 4) is 5.75 Å². The van der Waals surface area contributed by atoms with Crippen LogP contribution in [0.5, 0.6) is 5.75 Å². The quantitative estimate of drug-likeness (QED) is 0.775. The SMILES string of the molecule is Cc1ncc(C(=O)N2CCN(CCCOc3ccc(F)cc3)CC2)c(=O)[nH]1. The molecular formula is C19H23FN4O3. The van der Waals surface area contributed by atoms with Crippen LogP contribution in [-0.4, -0.2) is 65.0 Å². The lowest BCUT2D eigenvalue weighted by atomic mass is 10.2. The Balaban J connectivity index is 1.40. The van der Waals surface area contributed by atoms with Gasteiger partial charge in [-0.3, -0.25) is 14.5 Å². The number of amides is 1. The molecule has 1 aromatic heterocycles. The Morgan fingerprint density at radius 2 is 1.93 bits per heavy atom. The number of hydrogen-bond donors (Lipinski definition) is 1. The molecule has 0 unspecified atom stereocenters. The van der Waals surface area contributed by atoms with Crippen molar-refractivity contribution >= 4 is 5.91 Å². The average molecular weight is 374 g/mol. The molecule has 144 valence electrons. The molecule has 1 aliphatic heterocycles. The van der Waals surface area contributed by atoms with Crippen molar-refractivity contribution in [2.75, 3.05) is 39.3 Å². The van der Waals surface area contributed by atoms with Gasteiger partial charge in [0, 0.05) is 38.9 Å². The van der Waals surface area contributed by atoms with Gasteiger partial charge >= 0.3 is 0 Å². The van der Waals surface area contributed by atoms with Crippen LogP contribution >= 0.6 is 0 Å². The second kappa shape index (κ2) is 8.77. The number of aryl methyl sites for hydroxylation is 1. The Kier molecular flexibility index (Phi) is 6.18. The minimum absolute atomic E-state index is 0.0850. The summed E-state index contributed by atoms with van der Waals surface area (Å²) in [5.74, 6) is 0.592. The van der Waals surface area contributed by atoms with Crippen molar-refractivity contribution < 1.29 is 13.9 Å². The van der Waals surface area contributed by atoms with Gasteiger partial charge in [-0.1, -0.05) is 0 Å². The van der Waals surface area contributed by atoms with Gasteiger partial charge in [0.05, 0.1) is 6.61 Å². The summed E-state index contributed by atoms with van der Waals surface area (Å²) in [5.41, 5.74) is -0.311. The van der Waals surface area contributed by atoms with Crippen LogP contribution in [0.25, 0.3) is 0 Å². The molecule has 1 fully saturated rings. The van der Waals surface area contributed by atoms with Crippen molar-refractivity contribution in [2.45, 2.75) is 13.3 Å². The van der Waals surface area contributed by atoms with Gasteiger partial charge in [0.1, 0.15) is 23.0 Å². The van der Waals surface area contributed by atoms with Gasteiger partial charge in [-0.15, -0.1) is 0 Å². The van der Waals surface area contributed by atoms with E-state index in [-0.39, 0.29) is 17.3 Å². The summed E-state index contributed by atoms with van der Waals surface area (Å²) in [5, 5.41) is 0.